The fourth-order valence-electron chi connectivity index (χ4n) is 0. The third kappa shape index (κ3) is 24.9. The summed E-state index contributed by atoms with van der Waals surface area (Å²) in [6.45, 7) is 0. The zero-order valence-corrected chi connectivity index (χ0v) is 6.02. The van der Waals surface area contributed by atoms with Crippen molar-refractivity contribution in [3.63, 3.8) is 0 Å². The van der Waals surface area contributed by atoms with Gasteiger partial charge in [-0.1, -0.05) is 0 Å². The van der Waals surface area contributed by atoms with E-state index in [1.54, 1.807) is 0 Å². The van der Waals surface area contributed by atoms with Gasteiger partial charge in [0.05, 0.1) is 0 Å². The van der Waals surface area contributed by atoms with E-state index in [9.17, 15) is 0 Å². The number of rotatable bonds is 0. The molecule has 0 amide bonds. The monoisotopic (exact) mass is 227 g/mol. The van der Waals surface area contributed by atoms with E-state index in [2.05, 4.69) is 45.2 Å². The van der Waals surface area contributed by atoms with Gasteiger partial charge in [0.25, 0.3) is 0 Å². The van der Waals surface area contributed by atoms with Gasteiger partial charge >= 0.3 is 58.3 Å². The summed E-state index contributed by atoms with van der Waals surface area (Å²) in [6.07, 6.45) is 0. The molecule has 0 spiro atoms. The first-order valence-electron chi connectivity index (χ1n) is 0.354. The van der Waals surface area contributed by atoms with Crippen molar-refractivity contribution >= 4 is 30.3 Å². The predicted octanol–water partition coefficient (Wildman–Crippen LogP) is 2.06. The molecule has 0 aliphatic carbocycles. The quantitative estimate of drug-likeness (QED) is 0.557. The Kier molecular flexibility index (Phi) is 33.7. The number of halogens is 3. The van der Waals surface area contributed by atoms with Crippen molar-refractivity contribution in [1.29, 1.82) is 0 Å². The Morgan fingerprint density at radius 3 is 1.20 bits per heavy atom. The fraction of sp³-hybridized carbons (Fsp3) is 0. The summed E-state index contributed by atoms with van der Waals surface area (Å²) in [5.74, 6) is 0. The van der Waals surface area contributed by atoms with Gasteiger partial charge in [0.1, 0.15) is 0 Å². The molecule has 0 aromatic heterocycles. The van der Waals surface area contributed by atoms with Crippen molar-refractivity contribution < 1.29 is 28.0 Å². The van der Waals surface area contributed by atoms with E-state index < -0.39 is 0 Å². The van der Waals surface area contributed by atoms with Crippen LogP contribution in [0.4, 0.5) is 0 Å². The maximum absolute atomic E-state index is 4.67. The van der Waals surface area contributed by atoms with Crippen molar-refractivity contribution in [2.24, 2.45) is 0 Å². The van der Waals surface area contributed by atoms with Gasteiger partial charge < -0.3 is 0 Å². The van der Waals surface area contributed by atoms with Crippen LogP contribution in [0.5, 0.6) is 0 Å². The van der Waals surface area contributed by atoms with Crippen LogP contribution < -0.4 is 0 Å². The van der Waals surface area contributed by atoms with Gasteiger partial charge in [0.2, 0.25) is 0 Å². The van der Waals surface area contributed by atoms with Crippen LogP contribution in [0.1, 0.15) is 0 Å². The van der Waals surface area contributed by atoms with Crippen LogP contribution >= 0.6 is 30.3 Å². The molecule has 0 N–H and O–H groups in total. The molecule has 0 radical (unpaired) electrons. The van der Waals surface area contributed by atoms with Gasteiger partial charge in [-0.3, -0.25) is 0 Å². The number of hydrogen-bond donors (Lipinski definition) is 0. The molecular formula is Cl3CoCu. The molecule has 0 aromatic carbocycles. The van der Waals surface area contributed by atoms with Crippen molar-refractivity contribution in [2.45, 2.75) is 0 Å². The Morgan fingerprint density at radius 2 is 1.20 bits per heavy atom. The summed E-state index contributed by atoms with van der Waals surface area (Å²) in [5, 5.41) is 0. The van der Waals surface area contributed by atoms with E-state index in [1.807, 2.05) is 0 Å². The predicted molar refractivity (Wildman–Crippen MR) is 17.6 cm³/mol. The summed E-state index contributed by atoms with van der Waals surface area (Å²) in [5.41, 5.74) is 0. The second kappa shape index (κ2) is 16.9. The maximum atomic E-state index is 4.67. The van der Waals surface area contributed by atoms with Gasteiger partial charge in [-0.2, -0.15) is 0 Å². The van der Waals surface area contributed by atoms with Crippen molar-refractivity contribution in [2.75, 3.05) is 0 Å². The van der Waals surface area contributed by atoms with Gasteiger partial charge in [-0.05, 0) is 0 Å². The first-order chi connectivity index (χ1) is 2.41. The van der Waals surface area contributed by atoms with E-state index in [1.165, 1.54) is 0 Å². The SMILES string of the molecule is [Cl][Co].[Cl][Cu][Cl]. The Bertz CT molecular complexity index is 6.85. The molecule has 0 fully saturated rings. The van der Waals surface area contributed by atoms with E-state index >= 15 is 0 Å². The first kappa shape index (κ1) is 10.0. The minimum atomic E-state index is 0.757. The van der Waals surface area contributed by atoms with Crippen LogP contribution in [0.25, 0.3) is 0 Å². The van der Waals surface area contributed by atoms with Gasteiger partial charge in [-0.25, -0.2) is 0 Å². The van der Waals surface area contributed by atoms with E-state index in [0.29, 0.717) is 0 Å². The molecule has 0 rings (SSSR count). The minimum absolute atomic E-state index is 0.757. The Labute approximate surface area is 58.0 Å². The molecule has 5 heavy (non-hydrogen) atoms. The average Bonchev–Trinajstić information content (AvgIpc) is 1.46. The van der Waals surface area contributed by atoms with Crippen LogP contribution in [0.15, 0.2) is 0 Å². The molecule has 0 aliphatic rings. The summed E-state index contributed by atoms with van der Waals surface area (Å²) in [6, 6.07) is 0. The normalized spacial score (nSPS) is 5.80. The van der Waals surface area contributed by atoms with Gasteiger partial charge in [0.15, 0.2) is 0 Å². The fourth-order valence-corrected chi connectivity index (χ4v) is 0. The molecule has 0 aromatic rings. The summed E-state index contributed by atoms with van der Waals surface area (Å²) in [7, 11) is 13.7. The standard InChI is InChI=1S/3ClH.Co.Cu/h3*1H;;/q;;;+1;+2/p-3. The Balaban J connectivity index is 0. The third-order valence-corrected chi connectivity index (χ3v) is 0. The van der Waals surface area contributed by atoms with E-state index in [0.717, 1.165) is 13.1 Å². The molecule has 0 bridgehead atoms. The van der Waals surface area contributed by atoms with Crippen LogP contribution in [-0.2, 0) is 28.0 Å². The molecule has 0 heterocycles. The molecule has 0 saturated carbocycles. The zero-order chi connectivity index (χ0) is 4.71. The zero-order valence-electron chi connectivity index (χ0n) is 1.77. The topological polar surface area (TPSA) is 0 Å². The molecule has 0 saturated heterocycles. The van der Waals surface area contributed by atoms with Crippen molar-refractivity contribution in [3.8, 4) is 0 Å². The molecule has 41 valence electrons. The van der Waals surface area contributed by atoms with Crippen molar-refractivity contribution in [1.82, 2.24) is 0 Å². The summed E-state index contributed by atoms with van der Waals surface area (Å²) >= 11 is 3.79. The van der Waals surface area contributed by atoms with Gasteiger partial charge in [-0.15, -0.1) is 0 Å². The van der Waals surface area contributed by atoms with Gasteiger partial charge in [0, 0.05) is 0 Å². The molecule has 0 nitrogen and oxygen atoms in total. The van der Waals surface area contributed by atoms with Crippen LogP contribution in [-0.4, -0.2) is 0 Å². The number of hydrogen-bond acceptors (Lipinski definition) is 0. The van der Waals surface area contributed by atoms with Crippen LogP contribution in [0, 0.1) is 0 Å². The van der Waals surface area contributed by atoms with Crippen LogP contribution in [0.3, 0.4) is 0 Å². The molecule has 5 heteroatoms. The summed E-state index contributed by atoms with van der Waals surface area (Å²) < 4.78 is 0. The second-order valence-electron chi connectivity index (χ2n) is 0.0431. The summed E-state index contributed by atoms with van der Waals surface area (Å²) in [4.78, 5) is 0. The molecule has 0 unspecified atom stereocenters. The molecule has 0 atom stereocenters. The second-order valence-corrected chi connectivity index (χ2v) is 1.60. The van der Waals surface area contributed by atoms with Crippen molar-refractivity contribution in [3.05, 3.63) is 0 Å². The van der Waals surface area contributed by atoms with E-state index in [-0.39, 0.29) is 0 Å². The van der Waals surface area contributed by atoms with E-state index in [4.69, 9.17) is 0 Å². The first-order valence-corrected chi connectivity index (χ1v) is 4.38. The van der Waals surface area contributed by atoms with Crippen LogP contribution in [0.2, 0.25) is 0 Å². The Morgan fingerprint density at radius 1 is 1.20 bits per heavy atom. The third-order valence-electron chi connectivity index (χ3n) is 0. The molecule has 0 aliphatic heterocycles. The average molecular weight is 229 g/mol. The Hall–Kier alpha value is 1.90. The molecular weight excluding hydrogens is 229 g/mol.